The second kappa shape index (κ2) is 8.12. The van der Waals surface area contributed by atoms with E-state index < -0.39 is 25.1 Å². The van der Waals surface area contributed by atoms with E-state index in [1.165, 1.54) is 24.3 Å². The Labute approximate surface area is 167 Å². The first-order chi connectivity index (χ1) is 12.8. The van der Waals surface area contributed by atoms with Crippen LogP contribution in [0.2, 0.25) is 5.02 Å². The van der Waals surface area contributed by atoms with Crippen LogP contribution >= 0.6 is 22.9 Å². The zero-order valence-corrected chi connectivity index (χ0v) is 17.2. The van der Waals surface area contributed by atoms with E-state index in [2.05, 4.69) is 4.72 Å². The van der Waals surface area contributed by atoms with Gasteiger partial charge in [-0.2, -0.15) is 0 Å². The van der Waals surface area contributed by atoms with Crippen molar-refractivity contribution in [1.29, 1.82) is 0 Å². The van der Waals surface area contributed by atoms with Crippen molar-refractivity contribution in [2.45, 2.75) is 14.4 Å². The number of nitrogens with one attached hydrogen (secondary N) is 1. The van der Waals surface area contributed by atoms with E-state index >= 15 is 0 Å². The van der Waals surface area contributed by atoms with Gasteiger partial charge in [-0.15, -0.1) is 11.3 Å². The minimum absolute atomic E-state index is 0.0182. The molecule has 0 aliphatic rings. The van der Waals surface area contributed by atoms with Gasteiger partial charge >= 0.3 is 0 Å². The molecule has 9 heteroatoms. The Morgan fingerprint density at radius 1 is 0.926 bits per heavy atom. The molecule has 3 aromatic rings. The standard InChI is InChI=1S/C18H16ClNO4S3/c19-15-8-4-9-16(12-15)27(23,24)20-13-17(14-6-2-1-3-7-14)26(21,22)18-10-5-11-25-18/h1-12,17,20H,13H2/t17-/m1/s1. The van der Waals surface area contributed by atoms with Gasteiger partial charge in [0.05, 0.1) is 4.90 Å². The van der Waals surface area contributed by atoms with Gasteiger partial charge in [-0.1, -0.05) is 54.1 Å². The maximum atomic E-state index is 13.1. The van der Waals surface area contributed by atoms with Crippen molar-refractivity contribution in [1.82, 2.24) is 4.72 Å². The van der Waals surface area contributed by atoms with Crippen LogP contribution in [0.1, 0.15) is 10.8 Å². The summed E-state index contributed by atoms with van der Waals surface area (Å²) in [6.07, 6.45) is 0. The lowest BCUT2D eigenvalue weighted by molar-refractivity contribution is 0.570. The van der Waals surface area contributed by atoms with Gasteiger partial charge in [-0.25, -0.2) is 21.6 Å². The highest BCUT2D eigenvalue weighted by atomic mass is 35.5. The van der Waals surface area contributed by atoms with Crippen LogP contribution in [0.25, 0.3) is 0 Å². The fourth-order valence-corrected chi connectivity index (χ4v) is 6.86. The summed E-state index contributed by atoms with van der Waals surface area (Å²) in [7, 11) is -7.67. The fraction of sp³-hybridized carbons (Fsp3) is 0.111. The molecule has 1 atom stereocenters. The smallest absolute Gasteiger partial charge is 0.222 e. The first-order valence-electron chi connectivity index (χ1n) is 7.88. The van der Waals surface area contributed by atoms with Crippen molar-refractivity contribution in [2.75, 3.05) is 6.54 Å². The Morgan fingerprint density at radius 2 is 1.67 bits per heavy atom. The van der Waals surface area contributed by atoms with Gasteiger partial charge < -0.3 is 0 Å². The lowest BCUT2D eigenvalue weighted by atomic mass is 10.1. The van der Waals surface area contributed by atoms with E-state index in [4.69, 9.17) is 11.6 Å². The Morgan fingerprint density at radius 3 is 2.30 bits per heavy atom. The molecule has 0 fully saturated rings. The number of benzene rings is 2. The fourth-order valence-electron chi connectivity index (χ4n) is 2.54. The molecule has 0 saturated carbocycles. The Bertz CT molecular complexity index is 1110. The molecular weight excluding hydrogens is 426 g/mol. The van der Waals surface area contributed by atoms with Gasteiger partial charge in [0.15, 0.2) is 9.84 Å². The molecule has 0 aliphatic carbocycles. The van der Waals surface area contributed by atoms with Crippen LogP contribution in [0.15, 0.2) is 81.2 Å². The Hall–Kier alpha value is -1.71. The lowest BCUT2D eigenvalue weighted by Crippen LogP contribution is -2.31. The van der Waals surface area contributed by atoms with Crippen molar-refractivity contribution in [2.24, 2.45) is 0 Å². The molecule has 0 bridgehead atoms. The summed E-state index contributed by atoms with van der Waals surface area (Å²) in [4.78, 5) is -0.0182. The summed E-state index contributed by atoms with van der Waals surface area (Å²) in [6.45, 7) is -0.293. The maximum Gasteiger partial charge on any atom is 0.240 e. The number of hydrogen-bond acceptors (Lipinski definition) is 5. The van der Waals surface area contributed by atoms with Crippen LogP contribution in [-0.2, 0) is 19.9 Å². The summed E-state index contributed by atoms with van der Waals surface area (Å²) in [5.41, 5.74) is 0.514. The van der Waals surface area contributed by atoms with Crippen molar-refractivity contribution >= 4 is 42.8 Å². The lowest BCUT2D eigenvalue weighted by Gasteiger charge is -2.18. The predicted molar refractivity (Wildman–Crippen MR) is 107 cm³/mol. The molecule has 0 amide bonds. The predicted octanol–water partition coefficient (Wildman–Crippen LogP) is 3.90. The van der Waals surface area contributed by atoms with Crippen molar-refractivity contribution < 1.29 is 16.8 Å². The highest BCUT2D eigenvalue weighted by molar-refractivity contribution is 7.93. The van der Waals surface area contributed by atoms with E-state index in [-0.39, 0.29) is 20.7 Å². The quantitative estimate of drug-likeness (QED) is 0.603. The van der Waals surface area contributed by atoms with Gasteiger partial charge in [-0.05, 0) is 35.2 Å². The van der Waals surface area contributed by atoms with Crippen molar-refractivity contribution in [3.05, 3.63) is 82.7 Å². The topological polar surface area (TPSA) is 80.3 Å². The largest absolute Gasteiger partial charge is 0.240 e. The van der Waals surface area contributed by atoms with E-state index in [1.807, 2.05) is 0 Å². The van der Waals surface area contributed by atoms with Crippen LogP contribution in [0.4, 0.5) is 0 Å². The first kappa shape index (κ1) is 20.0. The SMILES string of the molecule is O=S(=O)(NC[C@H](c1ccccc1)S(=O)(=O)c1cccs1)c1cccc(Cl)c1. The van der Waals surface area contributed by atoms with Gasteiger partial charge in [0.25, 0.3) is 0 Å². The molecule has 3 rings (SSSR count). The van der Waals surface area contributed by atoms with Gasteiger partial charge in [0.1, 0.15) is 9.46 Å². The zero-order chi connectivity index (χ0) is 19.5. The van der Waals surface area contributed by atoms with E-state index in [0.29, 0.717) is 5.56 Å². The van der Waals surface area contributed by atoms with Gasteiger partial charge in [-0.3, -0.25) is 0 Å². The number of rotatable bonds is 7. The van der Waals surface area contributed by atoms with Crippen LogP contribution < -0.4 is 4.72 Å². The molecule has 0 saturated heterocycles. The first-order valence-corrected chi connectivity index (χ1v) is 12.2. The molecule has 0 aliphatic heterocycles. The number of sulfonamides is 1. The number of thiophene rings is 1. The Balaban J connectivity index is 1.93. The third kappa shape index (κ3) is 4.59. The van der Waals surface area contributed by atoms with E-state index in [1.54, 1.807) is 47.8 Å². The van der Waals surface area contributed by atoms with Crippen molar-refractivity contribution in [3.63, 3.8) is 0 Å². The minimum Gasteiger partial charge on any atom is -0.222 e. The summed E-state index contributed by atoms with van der Waals surface area (Å²) >= 11 is 6.96. The molecule has 5 nitrogen and oxygen atoms in total. The van der Waals surface area contributed by atoms with Crippen LogP contribution in [-0.4, -0.2) is 23.4 Å². The molecule has 2 aromatic carbocycles. The second-order valence-corrected chi connectivity index (χ2v) is 11.2. The second-order valence-electron chi connectivity index (χ2n) is 5.69. The molecule has 1 heterocycles. The zero-order valence-electron chi connectivity index (χ0n) is 13.9. The van der Waals surface area contributed by atoms with Crippen molar-refractivity contribution in [3.8, 4) is 0 Å². The summed E-state index contributed by atoms with van der Waals surface area (Å²) in [6, 6.07) is 17.5. The molecule has 142 valence electrons. The number of hydrogen-bond donors (Lipinski definition) is 1. The average Bonchev–Trinajstić information content (AvgIpc) is 3.18. The van der Waals surface area contributed by atoms with Gasteiger partial charge in [0, 0.05) is 11.6 Å². The summed E-state index contributed by atoms with van der Waals surface area (Å²) in [5, 5.41) is 0.903. The normalized spacial score (nSPS) is 13.4. The Kier molecular flexibility index (Phi) is 6.02. The highest BCUT2D eigenvalue weighted by Gasteiger charge is 2.31. The molecule has 27 heavy (non-hydrogen) atoms. The number of halogens is 1. The third-order valence-electron chi connectivity index (χ3n) is 3.89. The average molecular weight is 442 g/mol. The summed E-state index contributed by atoms with van der Waals surface area (Å²) in [5.74, 6) is 0. The highest BCUT2D eigenvalue weighted by Crippen LogP contribution is 2.31. The monoisotopic (exact) mass is 441 g/mol. The van der Waals surface area contributed by atoms with Crippen LogP contribution in [0.5, 0.6) is 0 Å². The molecule has 0 unspecified atom stereocenters. The van der Waals surface area contributed by atoms with Crippen LogP contribution in [0, 0.1) is 0 Å². The molecule has 1 aromatic heterocycles. The van der Waals surface area contributed by atoms with Gasteiger partial charge in [0.2, 0.25) is 10.0 Å². The number of sulfone groups is 1. The maximum absolute atomic E-state index is 13.1. The van der Waals surface area contributed by atoms with E-state index in [0.717, 1.165) is 11.3 Å². The third-order valence-corrected chi connectivity index (χ3v) is 9.07. The minimum atomic E-state index is -3.91. The molecule has 0 radical (unpaired) electrons. The molecule has 1 N–H and O–H groups in total. The molecular formula is C18H16ClNO4S3. The van der Waals surface area contributed by atoms with Crippen LogP contribution in [0.3, 0.4) is 0 Å². The molecule has 0 spiro atoms. The summed E-state index contributed by atoms with van der Waals surface area (Å²) < 4.78 is 53.9. The van der Waals surface area contributed by atoms with E-state index in [9.17, 15) is 16.8 Å².